The van der Waals surface area contributed by atoms with Crippen molar-refractivity contribution in [2.24, 2.45) is 5.10 Å². The molecule has 0 aliphatic rings. The molecular weight excluding hydrogens is 400 g/mol. The van der Waals surface area contributed by atoms with Crippen molar-refractivity contribution in [3.63, 3.8) is 0 Å². The smallest absolute Gasteiger partial charge is 0.355 e. The van der Waals surface area contributed by atoms with Crippen molar-refractivity contribution in [1.29, 1.82) is 0 Å². The highest BCUT2D eigenvalue weighted by molar-refractivity contribution is 7.17. The summed E-state index contributed by atoms with van der Waals surface area (Å²) in [6.45, 7) is 5.71. The Hall–Kier alpha value is -3.52. The van der Waals surface area contributed by atoms with E-state index in [9.17, 15) is 9.59 Å². The van der Waals surface area contributed by atoms with E-state index in [1.54, 1.807) is 13.1 Å². The SMILES string of the molecule is CCOC(=O)c1[nH]c(C)c(C=Nn2cnc3scc(-c4ccccc4)c3c2=O)c1C. The Kier molecular flexibility index (Phi) is 5.33. The number of nitrogens with one attached hydrogen (secondary N) is 1. The number of aromatic nitrogens is 3. The summed E-state index contributed by atoms with van der Waals surface area (Å²) in [6.07, 6.45) is 2.98. The number of H-pyrrole nitrogens is 1. The van der Waals surface area contributed by atoms with E-state index in [1.807, 2.05) is 49.6 Å². The molecule has 0 saturated heterocycles. The number of benzene rings is 1. The molecule has 4 aromatic rings. The summed E-state index contributed by atoms with van der Waals surface area (Å²) in [4.78, 5) is 33.3. The van der Waals surface area contributed by atoms with Crippen LogP contribution in [0.3, 0.4) is 0 Å². The van der Waals surface area contributed by atoms with Crippen LogP contribution in [0.4, 0.5) is 0 Å². The molecule has 0 spiro atoms. The number of hydrogen-bond donors (Lipinski definition) is 1. The van der Waals surface area contributed by atoms with Crippen LogP contribution in [0.1, 0.15) is 34.2 Å². The molecule has 3 heterocycles. The fourth-order valence-corrected chi connectivity index (χ4v) is 4.23. The minimum Gasteiger partial charge on any atom is -0.461 e. The van der Waals surface area contributed by atoms with Gasteiger partial charge in [-0.25, -0.2) is 9.78 Å². The van der Waals surface area contributed by atoms with Gasteiger partial charge in [-0.3, -0.25) is 4.79 Å². The molecule has 0 atom stereocenters. The second kappa shape index (κ2) is 8.08. The first-order valence-corrected chi connectivity index (χ1v) is 10.3. The van der Waals surface area contributed by atoms with Gasteiger partial charge in [0.1, 0.15) is 16.9 Å². The third-order valence-corrected chi connectivity index (χ3v) is 5.74. The van der Waals surface area contributed by atoms with Crippen LogP contribution in [0.15, 0.2) is 51.9 Å². The highest BCUT2D eigenvalue weighted by Gasteiger charge is 2.18. The lowest BCUT2D eigenvalue weighted by atomic mass is 10.1. The fraction of sp³-hybridized carbons (Fsp3) is 0.182. The molecular formula is C22H20N4O3S. The minimum atomic E-state index is -0.413. The normalized spacial score (nSPS) is 11.4. The van der Waals surface area contributed by atoms with Gasteiger partial charge in [0.05, 0.1) is 18.2 Å². The molecule has 152 valence electrons. The lowest BCUT2D eigenvalue weighted by molar-refractivity contribution is 0.0519. The van der Waals surface area contributed by atoms with E-state index >= 15 is 0 Å². The maximum atomic E-state index is 13.1. The molecule has 8 heteroatoms. The monoisotopic (exact) mass is 420 g/mol. The second-order valence-electron chi connectivity index (χ2n) is 6.72. The Labute approximate surface area is 176 Å². The van der Waals surface area contributed by atoms with Gasteiger partial charge in [-0.05, 0) is 31.9 Å². The molecule has 0 radical (unpaired) electrons. The summed E-state index contributed by atoms with van der Waals surface area (Å²) in [5.41, 5.74) is 4.17. The zero-order chi connectivity index (χ0) is 21.3. The highest BCUT2D eigenvalue weighted by atomic mass is 32.1. The van der Waals surface area contributed by atoms with Crippen molar-refractivity contribution in [1.82, 2.24) is 14.6 Å². The third-order valence-electron chi connectivity index (χ3n) is 4.85. The number of hydrogen-bond acceptors (Lipinski definition) is 6. The molecule has 4 rings (SSSR count). The summed E-state index contributed by atoms with van der Waals surface area (Å²) in [5.74, 6) is -0.413. The Morgan fingerprint density at radius 3 is 2.80 bits per heavy atom. The van der Waals surface area contributed by atoms with Gasteiger partial charge < -0.3 is 9.72 Å². The molecule has 0 aliphatic carbocycles. The molecule has 0 bridgehead atoms. The number of esters is 1. The molecule has 0 aliphatic heterocycles. The lowest BCUT2D eigenvalue weighted by Gasteiger charge is -2.02. The quantitative estimate of drug-likeness (QED) is 0.388. The van der Waals surface area contributed by atoms with Crippen LogP contribution in [-0.2, 0) is 4.74 Å². The number of fused-ring (bicyclic) bond motifs is 1. The van der Waals surface area contributed by atoms with Crippen LogP contribution < -0.4 is 5.56 Å². The first-order valence-electron chi connectivity index (χ1n) is 9.46. The number of aromatic amines is 1. The van der Waals surface area contributed by atoms with E-state index in [0.717, 1.165) is 27.9 Å². The summed E-state index contributed by atoms with van der Waals surface area (Å²) >= 11 is 1.43. The Bertz CT molecular complexity index is 1320. The van der Waals surface area contributed by atoms with Gasteiger partial charge in [-0.2, -0.15) is 9.78 Å². The minimum absolute atomic E-state index is 0.243. The Morgan fingerprint density at radius 1 is 1.30 bits per heavy atom. The van der Waals surface area contributed by atoms with Gasteiger partial charge in [-0.15, -0.1) is 11.3 Å². The van der Waals surface area contributed by atoms with Gasteiger partial charge >= 0.3 is 5.97 Å². The van der Waals surface area contributed by atoms with Crippen molar-refractivity contribution in [2.45, 2.75) is 20.8 Å². The molecule has 1 N–H and O–H groups in total. The first kappa shape index (κ1) is 19.8. The van der Waals surface area contributed by atoms with Gasteiger partial charge in [0.25, 0.3) is 5.56 Å². The van der Waals surface area contributed by atoms with E-state index in [-0.39, 0.29) is 5.56 Å². The Balaban J connectivity index is 1.75. The lowest BCUT2D eigenvalue weighted by Crippen LogP contribution is -2.17. The number of carbonyl (C=O) groups excluding carboxylic acids is 1. The van der Waals surface area contributed by atoms with Gasteiger partial charge in [-0.1, -0.05) is 30.3 Å². The third kappa shape index (κ3) is 3.46. The van der Waals surface area contributed by atoms with E-state index in [4.69, 9.17) is 4.74 Å². The van der Waals surface area contributed by atoms with Gasteiger partial charge in [0.2, 0.25) is 0 Å². The second-order valence-corrected chi connectivity index (χ2v) is 7.58. The molecule has 30 heavy (non-hydrogen) atoms. The molecule has 0 fully saturated rings. The number of ether oxygens (including phenoxy) is 1. The van der Waals surface area contributed by atoms with Crippen LogP contribution in [0.25, 0.3) is 21.3 Å². The van der Waals surface area contributed by atoms with E-state index < -0.39 is 5.97 Å². The molecule has 7 nitrogen and oxygen atoms in total. The fourth-order valence-electron chi connectivity index (χ4n) is 3.32. The zero-order valence-corrected chi connectivity index (χ0v) is 17.6. The Morgan fingerprint density at radius 2 is 2.07 bits per heavy atom. The van der Waals surface area contributed by atoms with Crippen LogP contribution in [0.5, 0.6) is 0 Å². The summed E-state index contributed by atoms with van der Waals surface area (Å²) in [5, 5.41) is 6.81. The van der Waals surface area contributed by atoms with Crippen molar-refractivity contribution in [2.75, 3.05) is 6.61 Å². The summed E-state index contributed by atoms with van der Waals surface area (Å²) < 4.78 is 6.29. The molecule has 0 unspecified atom stereocenters. The van der Waals surface area contributed by atoms with Crippen molar-refractivity contribution >= 4 is 33.7 Å². The molecule has 0 amide bonds. The first-order chi connectivity index (χ1) is 14.5. The predicted molar refractivity (Wildman–Crippen MR) is 119 cm³/mol. The molecule has 1 aromatic carbocycles. The number of aryl methyl sites for hydroxylation is 1. The van der Waals surface area contributed by atoms with E-state index in [0.29, 0.717) is 22.5 Å². The topological polar surface area (TPSA) is 89.3 Å². The van der Waals surface area contributed by atoms with E-state index in [1.165, 1.54) is 22.3 Å². The summed E-state index contributed by atoms with van der Waals surface area (Å²) in [6, 6.07) is 9.73. The van der Waals surface area contributed by atoms with Crippen LogP contribution >= 0.6 is 11.3 Å². The zero-order valence-electron chi connectivity index (χ0n) is 16.8. The highest BCUT2D eigenvalue weighted by Crippen LogP contribution is 2.30. The van der Waals surface area contributed by atoms with Crippen molar-refractivity contribution in [3.8, 4) is 11.1 Å². The number of thiophene rings is 1. The maximum absolute atomic E-state index is 13.1. The van der Waals surface area contributed by atoms with E-state index in [2.05, 4.69) is 15.1 Å². The van der Waals surface area contributed by atoms with Crippen molar-refractivity contribution < 1.29 is 9.53 Å². The van der Waals surface area contributed by atoms with Crippen LogP contribution in [-0.4, -0.2) is 33.4 Å². The standard InChI is InChI=1S/C22H20N4O3S/c1-4-29-22(28)19-13(2)16(14(3)25-19)10-24-26-12-23-20-18(21(26)27)17(11-30-20)15-8-6-5-7-9-15/h5-12,25H,4H2,1-3H3. The van der Waals surface area contributed by atoms with Crippen LogP contribution in [0.2, 0.25) is 0 Å². The predicted octanol–water partition coefficient (Wildman–Crippen LogP) is 4.13. The number of nitrogens with zero attached hydrogens (tertiary/aromatic N) is 3. The van der Waals surface area contributed by atoms with Gasteiger partial charge in [0.15, 0.2) is 0 Å². The summed E-state index contributed by atoms with van der Waals surface area (Å²) in [7, 11) is 0. The number of carbonyl (C=O) groups is 1. The average molecular weight is 420 g/mol. The average Bonchev–Trinajstić information content (AvgIpc) is 3.30. The maximum Gasteiger partial charge on any atom is 0.355 e. The van der Waals surface area contributed by atoms with Gasteiger partial charge in [0, 0.05) is 22.2 Å². The largest absolute Gasteiger partial charge is 0.461 e. The number of rotatable bonds is 5. The molecule has 3 aromatic heterocycles. The van der Waals surface area contributed by atoms with Crippen molar-refractivity contribution in [3.05, 3.63) is 74.9 Å². The van der Waals surface area contributed by atoms with Crippen LogP contribution in [0, 0.1) is 13.8 Å². The molecule has 0 saturated carbocycles.